The molecule has 2 aromatic rings. The first-order chi connectivity index (χ1) is 9.78. The number of nitrogens with one attached hydrogen (secondary N) is 1. The minimum atomic E-state index is -0.255. The Bertz CT molecular complexity index is 542. The monoisotopic (exact) mass is 291 g/mol. The average molecular weight is 291 g/mol. The summed E-state index contributed by atoms with van der Waals surface area (Å²) in [6.45, 7) is 1.59. The lowest BCUT2D eigenvalue weighted by Crippen LogP contribution is -2.17. The van der Waals surface area contributed by atoms with E-state index in [-0.39, 0.29) is 12.4 Å². The van der Waals surface area contributed by atoms with Gasteiger partial charge < -0.3 is 10.1 Å². The number of nitrogens with zero attached hydrogens (tertiary/aromatic N) is 2. The lowest BCUT2D eigenvalue weighted by Gasteiger charge is -2.02. The lowest BCUT2D eigenvalue weighted by molar-refractivity contribution is -0.139. The SMILES string of the molecule is COC(=O)Cc1csc(CCNCc2ccccn2)n1. The number of pyridine rings is 1. The van der Waals surface area contributed by atoms with Crippen LogP contribution in [0.3, 0.4) is 0 Å². The Morgan fingerprint density at radius 2 is 2.30 bits per heavy atom. The van der Waals surface area contributed by atoms with Gasteiger partial charge in [0, 0.05) is 31.1 Å². The maximum atomic E-state index is 11.1. The van der Waals surface area contributed by atoms with Crippen LogP contribution in [0.2, 0.25) is 0 Å². The van der Waals surface area contributed by atoms with Crippen molar-refractivity contribution >= 4 is 17.3 Å². The van der Waals surface area contributed by atoms with Gasteiger partial charge in [0.2, 0.25) is 0 Å². The molecular weight excluding hydrogens is 274 g/mol. The molecule has 0 amide bonds. The van der Waals surface area contributed by atoms with Gasteiger partial charge in [-0.25, -0.2) is 4.98 Å². The number of thiazole rings is 1. The van der Waals surface area contributed by atoms with Gasteiger partial charge in [0.25, 0.3) is 0 Å². The van der Waals surface area contributed by atoms with Crippen molar-refractivity contribution in [3.8, 4) is 0 Å². The van der Waals surface area contributed by atoms with Gasteiger partial charge in [0.15, 0.2) is 0 Å². The Balaban J connectivity index is 1.70. The van der Waals surface area contributed by atoms with Crippen LogP contribution >= 0.6 is 11.3 Å². The Morgan fingerprint density at radius 3 is 3.05 bits per heavy atom. The summed E-state index contributed by atoms with van der Waals surface area (Å²) in [6.07, 6.45) is 2.88. The number of carbonyl (C=O) groups is 1. The zero-order valence-corrected chi connectivity index (χ0v) is 12.2. The molecule has 2 rings (SSSR count). The molecule has 1 N–H and O–H groups in total. The largest absolute Gasteiger partial charge is 0.469 e. The van der Waals surface area contributed by atoms with Crippen LogP contribution < -0.4 is 5.32 Å². The van der Waals surface area contributed by atoms with Crippen LogP contribution in [0.25, 0.3) is 0 Å². The zero-order chi connectivity index (χ0) is 14.2. The molecule has 5 nitrogen and oxygen atoms in total. The van der Waals surface area contributed by atoms with Crippen molar-refractivity contribution < 1.29 is 9.53 Å². The number of aromatic nitrogens is 2. The summed E-state index contributed by atoms with van der Waals surface area (Å²) in [4.78, 5) is 19.8. The van der Waals surface area contributed by atoms with Crippen LogP contribution in [0.1, 0.15) is 16.4 Å². The molecule has 0 saturated heterocycles. The van der Waals surface area contributed by atoms with Crippen molar-refractivity contribution in [3.63, 3.8) is 0 Å². The van der Waals surface area contributed by atoms with Crippen molar-refractivity contribution in [2.45, 2.75) is 19.4 Å². The molecule has 106 valence electrons. The van der Waals surface area contributed by atoms with Gasteiger partial charge in [-0.1, -0.05) is 6.07 Å². The first-order valence-corrected chi connectivity index (χ1v) is 7.26. The minimum absolute atomic E-state index is 0.244. The second-order valence-electron chi connectivity index (χ2n) is 4.23. The van der Waals surface area contributed by atoms with Crippen molar-refractivity contribution in [3.05, 3.63) is 46.2 Å². The van der Waals surface area contributed by atoms with Gasteiger partial charge in [-0.2, -0.15) is 0 Å². The maximum absolute atomic E-state index is 11.1. The summed E-state index contributed by atoms with van der Waals surface area (Å²) in [5, 5.41) is 6.26. The highest BCUT2D eigenvalue weighted by Crippen LogP contribution is 2.11. The van der Waals surface area contributed by atoms with Gasteiger partial charge in [-0.3, -0.25) is 9.78 Å². The summed E-state index contributed by atoms with van der Waals surface area (Å²) in [5.41, 5.74) is 1.81. The molecule has 0 fully saturated rings. The van der Waals surface area contributed by atoms with E-state index in [1.54, 1.807) is 17.5 Å². The quantitative estimate of drug-likeness (QED) is 0.620. The van der Waals surface area contributed by atoms with Crippen LogP contribution in [0.15, 0.2) is 29.8 Å². The molecule has 0 aromatic carbocycles. The van der Waals surface area contributed by atoms with E-state index in [0.29, 0.717) is 0 Å². The summed E-state index contributed by atoms with van der Waals surface area (Å²) >= 11 is 1.57. The highest BCUT2D eigenvalue weighted by atomic mass is 32.1. The molecular formula is C14H17N3O2S. The summed E-state index contributed by atoms with van der Waals surface area (Å²) < 4.78 is 4.62. The number of hydrogen-bond acceptors (Lipinski definition) is 6. The van der Waals surface area contributed by atoms with E-state index < -0.39 is 0 Å². The van der Waals surface area contributed by atoms with Gasteiger partial charge in [0.1, 0.15) is 0 Å². The number of ether oxygens (including phenoxy) is 1. The van der Waals surface area contributed by atoms with E-state index in [0.717, 1.165) is 35.9 Å². The second kappa shape index (κ2) is 7.72. The third-order valence-corrected chi connectivity index (χ3v) is 3.66. The standard InChI is InChI=1S/C14H17N3O2S/c1-19-14(18)8-12-10-20-13(17-12)5-7-15-9-11-4-2-3-6-16-11/h2-4,6,10,15H,5,7-9H2,1H3. The molecule has 0 aliphatic carbocycles. The first-order valence-electron chi connectivity index (χ1n) is 6.38. The molecule has 0 radical (unpaired) electrons. The Hall–Kier alpha value is -1.79. The topological polar surface area (TPSA) is 64.1 Å². The maximum Gasteiger partial charge on any atom is 0.311 e. The third kappa shape index (κ3) is 4.71. The Labute approximate surface area is 122 Å². The molecule has 0 spiro atoms. The van der Waals surface area contributed by atoms with Crippen molar-refractivity contribution in [1.29, 1.82) is 0 Å². The number of rotatable bonds is 7. The normalized spacial score (nSPS) is 10.4. The van der Waals surface area contributed by atoms with E-state index >= 15 is 0 Å². The number of methoxy groups -OCH3 is 1. The molecule has 20 heavy (non-hydrogen) atoms. The smallest absolute Gasteiger partial charge is 0.311 e. The second-order valence-corrected chi connectivity index (χ2v) is 5.18. The van der Waals surface area contributed by atoms with E-state index in [9.17, 15) is 4.79 Å². The fraction of sp³-hybridized carbons (Fsp3) is 0.357. The molecule has 6 heteroatoms. The number of carbonyl (C=O) groups excluding carboxylic acids is 1. The van der Waals surface area contributed by atoms with Gasteiger partial charge in [-0.05, 0) is 12.1 Å². The lowest BCUT2D eigenvalue weighted by atomic mass is 10.3. The predicted molar refractivity (Wildman–Crippen MR) is 77.5 cm³/mol. The number of hydrogen-bond donors (Lipinski definition) is 1. The van der Waals surface area contributed by atoms with Crippen LogP contribution in [0.5, 0.6) is 0 Å². The summed E-state index contributed by atoms with van der Waals surface area (Å²) in [7, 11) is 1.39. The molecule has 2 aromatic heterocycles. The molecule has 0 atom stereocenters. The molecule has 0 unspecified atom stereocenters. The minimum Gasteiger partial charge on any atom is -0.469 e. The van der Waals surface area contributed by atoms with Gasteiger partial charge in [-0.15, -0.1) is 11.3 Å². The fourth-order valence-electron chi connectivity index (χ4n) is 1.68. The van der Waals surface area contributed by atoms with E-state index in [1.165, 1.54) is 7.11 Å². The van der Waals surface area contributed by atoms with Gasteiger partial charge in [0.05, 0.1) is 29.9 Å². The summed E-state index contributed by atoms with van der Waals surface area (Å²) in [6, 6.07) is 5.87. The van der Waals surface area contributed by atoms with Crippen molar-refractivity contribution in [2.75, 3.05) is 13.7 Å². The van der Waals surface area contributed by atoms with Crippen molar-refractivity contribution in [2.24, 2.45) is 0 Å². The van der Waals surface area contributed by atoms with Gasteiger partial charge >= 0.3 is 5.97 Å². The Morgan fingerprint density at radius 1 is 1.40 bits per heavy atom. The molecule has 0 aliphatic heterocycles. The van der Waals surface area contributed by atoms with Crippen LogP contribution in [0.4, 0.5) is 0 Å². The third-order valence-electron chi connectivity index (χ3n) is 2.70. The number of esters is 1. The van der Waals surface area contributed by atoms with Crippen LogP contribution in [0, 0.1) is 0 Å². The van der Waals surface area contributed by atoms with Crippen LogP contribution in [-0.2, 0) is 28.9 Å². The van der Waals surface area contributed by atoms with Crippen LogP contribution in [-0.4, -0.2) is 29.6 Å². The van der Waals surface area contributed by atoms with E-state index in [2.05, 4.69) is 20.0 Å². The molecule has 0 bridgehead atoms. The van der Waals surface area contributed by atoms with Crippen molar-refractivity contribution in [1.82, 2.24) is 15.3 Å². The first kappa shape index (κ1) is 14.6. The summed E-state index contributed by atoms with van der Waals surface area (Å²) in [5.74, 6) is -0.255. The average Bonchev–Trinajstić information content (AvgIpc) is 2.92. The Kier molecular flexibility index (Phi) is 5.64. The molecule has 2 heterocycles. The van der Waals surface area contributed by atoms with E-state index in [1.807, 2.05) is 23.6 Å². The predicted octanol–water partition coefficient (Wildman–Crippen LogP) is 1.59. The van der Waals surface area contributed by atoms with E-state index in [4.69, 9.17) is 0 Å². The zero-order valence-electron chi connectivity index (χ0n) is 11.3. The molecule has 0 saturated carbocycles. The highest BCUT2D eigenvalue weighted by molar-refractivity contribution is 7.09. The highest BCUT2D eigenvalue weighted by Gasteiger charge is 2.07. The fourth-order valence-corrected chi connectivity index (χ4v) is 2.48. The molecule has 0 aliphatic rings.